The maximum absolute atomic E-state index is 11.9. The lowest BCUT2D eigenvalue weighted by Crippen LogP contribution is -2.28. The number of carboxylic acid groups (broad SMARTS) is 2. The van der Waals surface area contributed by atoms with Gasteiger partial charge in [0.2, 0.25) is 0 Å². The minimum absolute atomic E-state index is 0.101. The van der Waals surface area contributed by atoms with Crippen molar-refractivity contribution in [2.75, 3.05) is 0 Å². The molecule has 2 aromatic rings. The van der Waals surface area contributed by atoms with Crippen LogP contribution in [-0.2, 0) is 22.4 Å². The smallest absolute Gasteiger partial charge is 0.307 e. The molecule has 0 heterocycles. The van der Waals surface area contributed by atoms with Gasteiger partial charge in [0.1, 0.15) is 11.5 Å². The Bertz CT molecular complexity index is 868. The number of aliphatic carboxylic acids is 2. The molecule has 0 fully saturated rings. The van der Waals surface area contributed by atoms with Gasteiger partial charge in [-0.3, -0.25) is 9.59 Å². The SMILES string of the molecule is O=C(O)CC[C@@H](Cc1ccc(Cl)c(O)c1)[C@H](Cc1ccc(Cl)c(O)c1)C(=O)O. The summed E-state index contributed by atoms with van der Waals surface area (Å²) in [5.41, 5.74) is 1.23. The van der Waals surface area contributed by atoms with Crippen LogP contribution in [0, 0.1) is 11.8 Å². The summed E-state index contributed by atoms with van der Waals surface area (Å²) in [5.74, 6) is -3.75. The highest BCUT2D eigenvalue weighted by atomic mass is 35.5. The lowest BCUT2D eigenvalue weighted by atomic mass is 9.80. The number of hydrogen-bond donors (Lipinski definition) is 4. The predicted octanol–water partition coefficient (Wildman–Crippen LogP) is 4.37. The number of halogens is 2. The Morgan fingerprint density at radius 1 is 0.857 bits per heavy atom. The summed E-state index contributed by atoms with van der Waals surface area (Å²) < 4.78 is 0. The van der Waals surface area contributed by atoms with Gasteiger partial charge in [0.05, 0.1) is 16.0 Å². The van der Waals surface area contributed by atoms with E-state index < -0.39 is 23.8 Å². The Labute approximate surface area is 172 Å². The molecule has 0 aliphatic rings. The molecule has 0 radical (unpaired) electrons. The molecule has 4 N–H and O–H groups in total. The summed E-state index contributed by atoms with van der Waals surface area (Å²) in [5, 5.41) is 38.7. The van der Waals surface area contributed by atoms with Crippen molar-refractivity contribution in [2.24, 2.45) is 11.8 Å². The standard InChI is InChI=1S/C20H20Cl2O6/c21-15-4-1-11(9-17(15)23)7-13(3-6-19(25)26)14(20(27)28)8-12-2-5-16(22)18(24)10-12/h1-2,4-5,9-10,13-14,23-24H,3,6-8H2,(H,25,26)(H,27,28)/t13-,14-/m0/s1. The maximum atomic E-state index is 11.9. The van der Waals surface area contributed by atoms with Crippen molar-refractivity contribution in [2.45, 2.75) is 25.7 Å². The lowest BCUT2D eigenvalue weighted by Gasteiger charge is -2.24. The van der Waals surface area contributed by atoms with Crippen LogP contribution in [0.5, 0.6) is 11.5 Å². The normalized spacial score (nSPS) is 13.1. The third-order valence-electron chi connectivity index (χ3n) is 4.59. The van der Waals surface area contributed by atoms with E-state index in [2.05, 4.69) is 0 Å². The molecule has 0 unspecified atom stereocenters. The van der Waals surface area contributed by atoms with Gasteiger partial charge < -0.3 is 20.4 Å². The third kappa shape index (κ3) is 6.04. The van der Waals surface area contributed by atoms with Crippen molar-refractivity contribution in [1.29, 1.82) is 0 Å². The van der Waals surface area contributed by atoms with Crippen molar-refractivity contribution in [1.82, 2.24) is 0 Å². The molecule has 8 heteroatoms. The van der Waals surface area contributed by atoms with Crippen molar-refractivity contribution < 1.29 is 30.0 Å². The number of hydrogen-bond acceptors (Lipinski definition) is 4. The van der Waals surface area contributed by atoms with Gasteiger partial charge in [-0.25, -0.2) is 0 Å². The largest absolute Gasteiger partial charge is 0.506 e. The van der Waals surface area contributed by atoms with Crippen LogP contribution in [-0.4, -0.2) is 32.4 Å². The molecule has 0 aromatic heterocycles. The predicted molar refractivity (Wildman–Crippen MR) is 105 cm³/mol. The van der Waals surface area contributed by atoms with Crippen LogP contribution in [0.2, 0.25) is 10.0 Å². The average molecular weight is 427 g/mol. The minimum atomic E-state index is -1.07. The van der Waals surface area contributed by atoms with Gasteiger partial charge >= 0.3 is 11.9 Å². The number of rotatable bonds is 9. The van der Waals surface area contributed by atoms with E-state index in [1.165, 1.54) is 24.3 Å². The van der Waals surface area contributed by atoms with Crippen LogP contribution in [0.15, 0.2) is 36.4 Å². The minimum Gasteiger partial charge on any atom is -0.506 e. The second-order valence-corrected chi connectivity index (χ2v) is 7.43. The quantitative estimate of drug-likeness (QED) is 0.473. The van der Waals surface area contributed by atoms with Crippen LogP contribution < -0.4 is 0 Å². The molecule has 0 saturated carbocycles. The maximum Gasteiger partial charge on any atom is 0.307 e. The fourth-order valence-corrected chi connectivity index (χ4v) is 3.37. The topological polar surface area (TPSA) is 115 Å². The first kappa shape index (κ1) is 21.9. The van der Waals surface area contributed by atoms with E-state index in [9.17, 15) is 24.9 Å². The molecule has 2 rings (SSSR count). The zero-order chi connectivity index (χ0) is 20.8. The van der Waals surface area contributed by atoms with E-state index in [1.54, 1.807) is 12.1 Å². The third-order valence-corrected chi connectivity index (χ3v) is 5.23. The van der Waals surface area contributed by atoms with Gasteiger partial charge in [0, 0.05) is 6.42 Å². The van der Waals surface area contributed by atoms with Crippen LogP contribution >= 0.6 is 23.2 Å². The van der Waals surface area contributed by atoms with Crippen molar-refractivity contribution in [3.05, 3.63) is 57.6 Å². The fraction of sp³-hybridized carbons (Fsp3) is 0.300. The van der Waals surface area contributed by atoms with Crippen molar-refractivity contribution in [3.8, 4) is 11.5 Å². The highest BCUT2D eigenvalue weighted by molar-refractivity contribution is 6.32. The molecule has 6 nitrogen and oxygen atoms in total. The molecule has 0 aliphatic heterocycles. The molecule has 0 spiro atoms. The Kier molecular flexibility index (Phi) is 7.54. The number of carboxylic acids is 2. The second-order valence-electron chi connectivity index (χ2n) is 6.62. The molecule has 28 heavy (non-hydrogen) atoms. The zero-order valence-corrected chi connectivity index (χ0v) is 16.3. The molecule has 2 atom stereocenters. The van der Waals surface area contributed by atoms with Gasteiger partial charge in [0.25, 0.3) is 0 Å². The van der Waals surface area contributed by atoms with E-state index in [-0.39, 0.29) is 47.2 Å². The van der Waals surface area contributed by atoms with E-state index in [4.69, 9.17) is 28.3 Å². The molecular weight excluding hydrogens is 407 g/mol. The first-order valence-electron chi connectivity index (χ1n) is 8.56. The summed E-state index contributed by atoms with van der Waals surface area (Å²) in [6, 6.07) is 9.13. The summed E-state index contributed by atoms with van der Waals surface area (Å²) >= 11 is 11.6. The molecule has 0 amide bonds. The summed E-state index contributed by atoms with van der Waals surface area (Å²) in [6.07, 6.45) is 0.327. The highest BCUT2D eigenvalue weighted by Crippen LogP contribution is 2.31. The monoisotopic (exact) mass is 426 g/mol. The molecule has 2 aromatic carbocycles. The Balaban J connectivity index is 2.29. The number of phenols is 2. The Hall–Kier alpha value is -2.44. The molecule has 0 aliphatic carbocycles. The van der Waals surface area contributed by atoms with Crippen LogP contribution in [0.4, 0.5) is 0 Å². The molecule has 150 valence electrons. The number of phenolic OH excluding ortho intramolecular Hbond substituents is 2. The first-order valence-corrected chi connectivity index (χ1v) is 9.32. The lowest BCUT2D eigenvalue weighted by molar-refractivity contribution is -0.145. The van der Waals surface area contributed by atoms with Gasteiger partial charge in [0.15, 0.2) is 0 Å². The second kappa shape index (κ2) is 9.66. The number of benzene rings is 2. The summed E-state index contributed by atoms with van der Waals surface area (Å²) in [6.45, 7) is 0. The van der Waals surface area contributed by atoms with Crippen molar-refractivity contribution in [3.63, 3.8) is 0 Å². The number of carbonyl (C=O) groups is 2. The van der Waals surface area contributed by atoms with E-state index in [0.29, 0.717) is 11.1 Å². The van der Waals surface area contributed by atoms with Crippen LogP contribution in [0.3, 0.4) is 0 Å². The van der Waals surface area contributed by atoms with E-state index >= 15 is 0 Å². The molecule has 0 saturated heterocycles. The van der Waals surface area contributed by atoms with Gasteiger partial charge in [-0.15, -0.1) is 0 Å². The first-order chi connectivity index (χ1) is 13.2. The zero-order valence-electron chi connectivity index (χ0n) is 14.8. The van der Waals surface area contributed by atoms with Crippen molar-refractivity contribution >= 4 is 35.1 Å². The van der Waals surface area contributed by atoms with Gasteiger partial charge in [-0.05, 0) is 60.6 Å². The Morgan fingerprint density at radius 3 is 1.79 bits per heavy atom. The summed E-state index contributed by atoms with van der Waals surface area (Å²) in [7, 11) is 0. The number of aromatic hydroxyl groups is 2. The highest BCUT2D eigenvalue weighted by Gasteiger charge is 2.29. The fourth-order valence-electron chi connectivity index (χ4n) is 3.14. The van der Waals surface area contributed by atoms with E-state index in [1.807, 2.05) is 0 Å². The Morgan fingerprint density at radius 2 is 1.36 bits per heavy atom. The van der Waals surface area contributed by atoms with Crippen LogP contribution in [0.1, 0.15) is 24.0 Å². The average Bonchev–Trinajstić information content (AvgIpc) is 2.62. The molecular formula is C20H20Cl2O6. The molecule has 0 bridgehead atoms. The van der Waals surface area contributed by atoms with E-state index in [0.717, 1.165) is 0 Å². The van der Waals surface area contributed by atoms with Gasteiger partial charge in [-0.1, -0.05) is 35.3 Å². The van der Waals surface area contributed by atoms with Gasteiger partial charge in [-0.2, -0.15) is 0 Å². The summed E-state index contributed by atoms with van der Waals surface area (Å²) in [4.78, 5) is 23.0. The van der Waals surface area contributed by atoms with Crippen LogP contribution in [0.25, 0.3) is 0 Å².